The fourth-order valence-corrected chi connectivity index (χ4v) is 2.38. The van der Waals surface area contributed by atoms with E-state index in [0.29, 0.717) is 5.56 Å². The van der Waals surface area contributed by atoms with Gasteiger partial charge in [0, 0.05) is 5.56 Å². The lowest BCUT2D eigenvalue weighted by Gasteiger charge is -2.08. The fraction of sp³-hybridized carbons (Fsp3) is 0.111. The van der Waals surface area contributed by atoms with E-state index in [1.54, 1.807) is 18.2 Å². The van der Waals surface area contributed by atoms with Crippen LogP contribution in [0.4, 0.5) is 14.5 Å². The third-order valence-electron chi connectivity index (χ3n) is 3.75. The van der Waals surface area contributed by atoms with Crippen LogP contribution in [-0.4, -0.2) is 35.1 Å². The van der Waals surface area contributed by atoms with Gasteiger partial charge in [0.1, 0.15) is 29.1 Å². The Labute approximate surface area is 158 Å². The minimum atomic E-state index is -1.07. The number of hydrazone groups is 1. The van der Waals surface area contributed by atoms with E-state index < -0.39 is 41.6 Å². The molecule has 0 fully saturated rings. The topological polar surface area (TPSA) is 115 Å². The smallest absolute Gasteiger partial charge is 0.252 e. The summed E-state index contributed by atoms with van der Waals surface area (Å²) in [6, 6.07) is 8.59. The molecule has 0 bridgehead atoms. The highest BCUT2D eigenvalue weighted by Gasteiger charge is 2.29. The Kier molecular flexibility index (Phi) is 5.58. The molecule has 2 amide bonds. The normalized spacial score (nSPS) is 16.0. The lowest BCUT2D eigenvalue weighted by molar-refractivity contribution is -0.123. The minimum absolute atomic E-state index is 0.00606. The molecular formula is C18H15F2N5O3. The summed E-state index contributed by atoms with van der Waals surface area (Å²) in [6.45, 7) is 0. The summed E-state index contributed by atoms with van der Waals surface area (Å²) in [4.78, 5) is 27.9. The molecule has 0 saturated heterocycles. The summed E-state index contributed by atoms with van der Waals surface area (Å²) in [7, 11) is 0. The van der Waals surface area contributed by atoms with Gasteiger partial charge in [-0.05, 0) is 24.3 Å². The van der Waals surface area contributed by atoms with Crippen molar-refractivity contribution in [3.63, 3.8) is 0 Å². The first kappa shape index (κ1) is 19.0. The molecule has 1 heterocycles. The van der Waals surface area contributed by atoms with Crippen molar-refractivity contribution in [1.29, 1.82) is 0 Å². The van der Waals surface area contributed by atoms with Crippen LogP contribution < -0.4 is 16.1 Å². The lowest BCUT2D eigenvalue weighted by atomic mass is 10.2. The summed E-state index contributed by atoms with van der Waals surface area (Å²) in [5.41, 5.74) is 2.35. The number of benzene rings is 2. The number of aliphatic imine (C=N–C) groups is 1. The summed E-state index contributed by atoms with van der Waals surface area (Å²) in [5.74, 6) is -3.15. The predicted octanol–water partition coefficient (Wildman–Crippen LogP) is 1.48. The van der Waals surface area contributed by atoms with Crippen LogP contribution in [0.15, 0.2) is 52.6 Å². The van der Waals surface area contributed by atoms with Gasteiger partial charge in [0.25, 0.3) is 5.91 Å². The Balaban J connectivity index is 1.59. The first-order valence-electron chi connectivity index (χ1n) is 8.13. The number of phenolic OH excluding ortho intramolecular Hbond substituents is 1. The molecule has 28 heavy (non-hydrogen) atoms. The van der Waals surface area contributed by atoms with E-state index in [-0.39, 0.29) is 11.7 Å². The molecule has 1 aliphatic rings. The molecule has 1 atom stereocenters. The second-order valence-corrected chi connectivity index (χ2v) is 5.76. The van der Waals surface area contributed by atoms with Gasteiger partial charge in [-0.15, -0.1) is 0 Å². The summed E-state index contributed by atoms with van der Waals surface area (Å²) < 4.78 is 27.1. The molecule has 0 radical (unpaired) electrons. The number of rotatable bonds is 5. The van der Waals surface area contributed by atoms with Crippen molar-refractivity contribution >= 4 is 29.7 Å². The van der Waals surface area contributed by atoms with Crippen molar-refractivity contribution in [2.45, 2.75) is 12.5 Å². The maximum atomic E-state index is 13.6. The number of nitrogens with zero attached hydrogens (tertiary/aromatic N) is 2. The lowest BCUT2D eigenvalue weighted by Crippen LogP contribution is -2.35. The van der Waals surface area contributed by atoms with E-state index in [1.807, 2.05) is 0 Å². The van der Waals surface area contributed by atoms with E-state index in [0.717, 1.165) is 12.1 Å². The van der Waals surface area contributed by atoms with Crippen LogP contribution in [0.5, 0.6) is 5.75 Å². The molecule has 0 aromatic heterocycles. The summed E-state index contributed by atoms with van der Waals surface area (Å²) >= 11 is 0. The number of halogens is 2. The van der Waals surface area contributed by atoms with E-state index in [1.165, 1.54) is 18.3 Å². The number of amides is 2. The number of para-hydroxylation sites is 2. The van der Waals surface area contributed by atoms with E-state index >= 15 is 0 Å². The number of aromatic hydroxyl groups is 1. The van der Waals surface area contributed by atoms with Gasteiger partial charge in [-0.2, -0.15) is 5.10 Å². The molecule has 0 spiro atoms. The molecule has 0 aliphatic carbocycles. The number of nitrogens with one attached hydrogen (secondary N) is 3. The molecule has 144 valence electrons. The van der Waals surface area contributed by atoms with Crippen molar-refractivity contribution in [1.82, 2.24) is 10.7 Å². The van der Waals surface area contributed by atoms with Gasteiger partial charge in [0.2, 0.25) is 11.9 Å². The molecule has 4 N–H and O–H groups in total. The Morgan fingerprint density at radius 1 is 1.21 bits per heavy atom. The van der Waals surface area contributed by atoms with Crippen molar-refractivity contribution in [2.75, 3.05) is 5.32 Å². The highest BCUT2D eigenvalue weighted by molar-refractivity contribution is 6.07. The Morgan fingerprint density at radius 2 is 1.93 bits per heavy atom. The number of guanidine groups is 1. The first-order valence-corrected chi connectivity index (χ1v) is 8.13. The fourth-order valence-electron chi connectivity index (χ4n) is 2.38. The van der Waals surface area contributed by atoms with E-state index in [2.05, 4.69) is 26.2 Å². The first-order chi connectivity index (χ1) is 13.4. The zero-order chi connectivity index (χ0) is 20.1. The van der Waals surface area contributed by atoms with Crippen LogP contribution in [-0.2, 0) is 9.59 Å². The van der Waals surface area contributed by atoms with Gasteiger partial charge in [0.15, 0.2) is 0 Å². The van der Waals surface area contributed by atoms with Crippen molar-refractivity contribution in [3.8, 4) is 5.75 Å². The molecule has 10 heteroatoms. The van der Waals surface area contributed by atoms with Crippen LogP contribution in [0.3, 0.4) is 0 Å². The molecular weight excluding hydrogens is 372 g/mol. The number of anilines is 1. The van der Waals surface area contributed by atoms with Crippen molar-refractivity contribution in [3.05, 3.63) is 59.7 Å². The molecule has 2 aromatic carbocycles. The maximum Gasteiger partial charge on any atom is 0.252 e. The molecule has 1 unspecified atom stereocenters. The highest BCUT2D eigenvalue weighted by atomic mass is 19.1. The standard InChI is InChI=1S/C18H15F2N5O3/c19-11-5-3-6-12(20)16(11)23-15(27)8-13-17(28)24-18(22-13)25-21-9-10-4-1-2-7-14(10)26/h1-7,9,13,26H,8H2,(H,23,27)(H2,22,24,25,28). The molecule has 0 saturated carbocycles. The average Bonchev–Trinajstić information content (AvgIpc) is 2.99. The molecule has 3 rings (SSSR count). The van der Waals surface area contributed by atoms with Gasteiger partial charge in [0.05, 0.1) is 12.6 Å². The van der Waals surface area contributed by atoms with Gasteiger partial charge in [-0.3, -0.25) is 14.9 Å². The van der Waals surface area contributed by atoms with Gasteiger partial charge >= 0.3 is 0 Å². The SMILES string of the molecule is O=C(CC1N=C(NN=Cc2ccccc2O)NC1=O)Nc1c(F)cccc1F. The Hall–Kier alpha value is -3.82. The zero-order valence-electron chi connectivity index (χ0n) is 14.3. The Morgan fingerprint density at radius 3 is 2.64 bits per heavy atom. The highest BCUT2D eigenvalue weighted by Crippen LogP contribution is 2.19. The van der Waals surface area contributed by atoms with Gasteiger partial charge in [-0.1, -0.05) is 18.2 Å². The third kappa shape index (κ3) is 4.47. The number of carbonyl (C=O) groups is 2. The summed E-state index contributed by atoms with van der Waals surface area (Å²) in [5, 5.41) is 18.0. The van der Waals surface area contributed by atoms with Crippen molar-refractivity contribution < 1.29 is 23.5 Å². The molecule has 8 nitrogen and oxygen atoms in total. The van der Waals surface area contributed by atoms with Crippen LogP contribution in [0, 0.1) is 11.6 Å². The quantitative estimate of drug-likeness (QED) is 0.459. The monoisotopic (exact) mass is 387 g/mol. The van der Waals surface area contributed by atoms with Crippen LogP contribution in [0.2, 0.25) is 0 Å². The van der Waals surface area contributed by atoms with Crippen LogP contribution in [0.25, 0.3) is 0 Å². The average molecular weight is 387 g/mol. The van der Waals surface area contributed by atoms with Crippen LogP contribution >= 0.6 is 0 Å². The van der Waals surface area contributed by atoms with Gasteiger partial charge in [-0.25, -0.2) is 19.2 Å². The van der Waals surface area contributed by atoms with Gasteiger partial charge < -0.3 is 10.4 Å². The van der Waals surface area contributed by atoms with Crippen molar-refractivity contribution in [2.24, 2.45) is 10.1 Å². The number of hydrogen-bond acceptors (Lipinski definition) is 6. The van der Waals surface area contributed by atoms with E-state index in [4.69, 9.17) is 0 Å². The largest absolute Gasteiger partial charge is 0.507 e. The zero-order valence-corrected chi connectivity index (χ0v) is 14.3. The third-order valence-corrected chi connectivity index (χ3v) is 3.75. The van der Waals surface area contributed by atoms with E-state index in [9.17, 15) is 23.5 Å². The van der Waals surface area contributed by atoms with Crippen LogP contribution in [0.1, 0.15) is 12.0 Å². The molecule has 2 aromatic rings. The minimum Gasteiger partial charge on any atom is -0.507 e. The number of hydrogen-bond donors (Lipinski definition) is 4. The predicted molar refractivity (Wildman–Crippen MR) is 97.8 cm³/mol. The second kappa shape index (κ2) is 8.25. The Bertz CT molecular complexity index is 957. The maximum absolute atomic E-state index is 13.6. The molecule has 1 aliphatic heterocycles. The second-order valence-electron chi connectivity index (χ2n) is 5.76. The number of phenols is 1. The number of carbonyl (C=O) groups excluding carboxylic acids is 2. The summed E-state index contributed by atoms with van der Waals surface area (Å²) in [6.07, 6.45) is 0.916.